The van der Waals surface area contributed by atoms with Crippen molar-refractivity contribution in [3.05, 3.63) is 71.8 Å². The van der Waals surface area contributed by atoms with E-state index in [2.05, 4.69) is 17.5 Å². The van der Waals surface area contributed by atoms with Crippen LogP contribution in [-0.2, 0) is 9.59 Å². The number of aryl methyl sites for hydroxylation is 1. The van der Waals surface area contributed by atoms with E-state index < -0.39 is 0 Å². The van der Waals surface area contributed by atoms with E-state index >= 15 is 0 Å². The summed E-state index contributed by atoms with van der Waals surface area (Å²) >= 11 is 0. The van der Waals surface area contributed by atoms with Gasteiger partial charge < -0.3 is 5.32 Å². The molecule has 1 aliphatic heterocycles. The van der Waals surface area contributed by atoms with Crippen LogP contribution in [-0.4, -0.2) is 17.7 Å². The molecule has 2 aromatic carbocycles. The Morgan fingerprint density at radius 3 is 2.32 bits per heavy atom. The first-order chi connectivity index (χ1) is 13.5. The normalized spacial score (nSPS) is 27.4. The summed E-state index contributed by atoms with van der Waals surface area (Å²) in [5, 5.41) is 2.89. The molecule has 0 spiro atoms. The average Bonchev–Trinajstić information content (AvgIpc) is 3.37. The highest BCUT2D eigenvalue weighted by Crippen LogP contribution is 2.53. The highest BCUT2D eigenvalue weighted by atomic mass is 16.2. The number of rotatable bonds is 3. The van der Waals surface area contributed by atoms with Crippen molar-refractivity contribution in [2.75, 3.05) is 10.2 Å². The molecular formula is C23H20N2O3. The van der Waals surface area contributed by atoms with E-state index in [0.717, 1.165) is 17.7 Å². The molecule has 3 aliphatic rings. The SMILES string of the molecule is Cc1ccccc1NC(=O)c1cccc(N2C(=O)[C@@H]3[C@@H](C2=O)[C@H]2C=C[C@@H]3C2)c1. The monoisotopic (exact) mass is 372 g/mol. The standard InChI is InChI=1S/C23H20N2O3/c1-13-5-2-3-8-18(13)24-21(26)16-6-4-7-17(12-16)25-22(27)19-14-9-10-15(11-14)20(19)23(25)28/h2-10,12,14-15,19-20H,11H2,1H3,(H,24,26)/t14-,15+,19-,20-/m0/s1. The molecule has 1 saturated carbocycles. The Bertz CT molecular complexity index is 1010. The third-order valence-electron chi connectivity index (χ3n) is 6.23. The second-order valence-corrected chi connectivity index (χ2v) is 7.83. The Balaban J connectivity index is 1.42. The molecule has 0 aromatic heterocycles. The number of hydrogen-bond donors (Lipinski definition) is 1. The Kier molecular flexibility index (Phi) is 3.72. The van der Waals surface area contributed by atoms with Crippen LogP contribution in [0.4, 0.5) is 11.4 Å². The molecule has 2 fully saturated rings. The highest BCUT2D eigenvalue weighted by molar-refractivity contribution is 6.23. The van der Waals surface area contributed by atoms with Gasteiger partial charge in [0.1, 0.15) is 0 Å². The molecule has 5 heteroatoms. The maximum absolute atomic E-state index is 13.0. The van der Waals surface area contributed by atoms with E-state index in [9.17, 15) is 14.4 Å². The van der Waals surface area contributed by atoms with Gasteiger partial charge in [0, 0.05) is 11.3 Å². The number of hydrogen-bond acceptors (Lipinski definition) is 3. The summed E-state index contributed by atoms with van der Waals surface area (Å²) in [6.07, 6.45) is 5.05. The summed E-state index contributed by atoms with van der Waals surface area (Å²) in [7, 11) is 0. The molecular weight excluding hydrogens is 352 g/mol. The van der Waals surface area contributed by atoms with Crippen LogP contribution in [0.2, 0.25) is 0 Å². The molecule has 5 rings (SSSR count). The number of benzene rings is 2. The van der Waals surface area contributed by atoms with Gasteiger partial charge in [-0.25, -0.2) is 4.90 Å². The van der Waals surface area contributed by atoms with Gasteiger partial charge in [-0.05, 0) is 55.0 Å². The van der Waals surface area contributed by atoms with Crippen molar-refractivity contribution in [3.8, 4) is 0 Å². The van der Waals surface area contributed by atoms with E-state index in [1.807, 2.05) is 31.2 Å². The first-order valence-electron chi connectivity index (χ1n) is 9.58. The fraction of sp³-hybridized carbons (Fsp3) is 0.261. The summed E-state index contributed by atoms with van der Waals surface area (Å²) in [4.78, 5) is 39.9. The van der Waals surface area contributed by atoms with Crippen molar-refractivity contribution in [1.82, 2.24) is 0 Å². The molecule has 1 heterocycles. The number of amides is 3. The van der Waals surface area contributed by atoms with E-state index in [0.29, 0.717) is 11.3 Å². The van der Waals surface area contributed by atoms with Gasteiger partial charge in [-0.1, -0.05) is 36.4 Å². The molecule has 5 nitrogen and oxygen atoms in total. The van der Waals surface area contributed by atoms with Crippen LogP contribution in [0, 0.1) is 30.6 Å². The number of fused-ring (bicyclic) bond motifs is 5. The summed E-state index contributed by atoms with van der Waals surface area (Å²) < 4.78 is 0. The Morgan fingerprint density at radius 2 is 1.64 bits per heavy atom. The van der Waals surface area contributed by atoms with Crippen molar-refractivity contribution in [2.24, 2.45) is 23.7 Å². The first kappa shape index (κ1) is 16.9. The van der Waals surface area contributed by atoms with Crippen LogP contribution in [0.3, 0.4) is 0 Å². The van der Waals surface area contributed by atoms with Crippen LogP contribution >= 0.6 is 0 Å². The molecule has 0 unspecified atom stereocenters. The summed E-state index contributed by atoms with van der Waals surface area (Å²) in [5.41, 5.74) is 2.59. The van der Waals surface area contributed by atoms with E-state index in [4.69, 9.17) is 0 Å². The van der Waals surface area contributed by atoms with Crippen LogP contribution in [0.5, 0.6) is 0 Å². The lowest BCUT2D eigenvalue weighted by Gasteiger charge is -2.18. The maximum atomic E-state index is 13.0. The zero-order chi connectivity index (χ0) is 19.4. The largest absolute Gasteiger partial charge is 0.322 e. The molecule has 28 heavy (non-hydrogen) atoms. The Hall–Kier alpha value is -3.21. The first-order valence-corrected chi connectivity index (χ1v) is 9.58. The molecule has 2 aliphatic carbocycles. The minimum absolute atomic E-state index is 0.136. The average molecular weight is 372 g/mol. The molecule has 2 aromatic rings. The Labute approximate surface area is 163 Å². The van der Waals surface area contributed by atoms with Gasteiger partial charge in [0.15, 0.2) is 0 Å². The summed E-state index contributed by atoms with van der Waals surface area (Å²) in [5.74, 6) is -0.685. The lowest BCUT2D eigenvalue weighted by molar-refractivity contribution is -0.123. The summed E-state index contributed by atoms with van der Waals surface area (Å²) in [6, 6.07) is 14.3. The van der Waals surface area contributed by atoms with Gasteiger partial charge >= 0.3 is 0 Å². The lowest BCUT2D eigenvalue weighted by Crippen LogP contribution is -2.33. The lowest BCUT2D eigenvalue weighted by atomic mass is 9.85. The maximum Gasteiger partial charge on any atom is 0.255 e. The van der Waals surface area contributed by atoms with E-state index in [1.54, 1.807) is 24.3 Å². The van der Waals surface area contributed by atoms with Gasteiger partial charge in [0.05, 0.1) is 17.5 Å². The van der Waals surface area contributed by atoms with Crippen LogP contribution < -0.4 is 10.2 Å². The van der Waals surface area contributed by atoms with Crippen LogP contribution in [0.25, 0.3) is 0 Å². The van der Waals surface area contributed by atoms with Crippen molar-refractivity contribution in [3.63, 3.8) is 0 Å². The van der Waals surface area contributed by atoms with E-state index in [1.165, 1.54) is 4.90 Å². The summed E-state index contributed by atoms with van der Waals surface area (Å²) in [6.45, 7) is 1.93. The van der Waals surface area contributed by atoms with Crippen molar-refractivity contribution >= 4 is 29.1 Å². The second-order valence-electron chi connectivity index (χ2n) is 7.83. The number of carbonyl (C=O) groups excluding carboxylic acids is 3. The minimum atomic E-state index is -0.267. The van der Waals surface area contributed by atoms with Crippen molar-refractivity contribution in [1.29, 1.82) is 0 Å². The third-order valence-corrected chi connectivity index (χ3v) is 6.23. The highest BCUT2D eigenvalue weighted by Gasteiger charge is 2.59. The minimum Gasteiger partial charge on any atom is -0.322 e. The fourth-order valence-electron chi connectivity index (χ4n) is 4.85. The number of carbonyl (C=O) groups is 3. The van der Waals surface area contributed by atoms with Gasteiger partial charge in [-0.15, -0.1) is 0 Å². The fourth-order valence-corrected chi connectivity index (χ4v) is 4.85. The molecule has 2 bridgehead atoms. The molecule has 1 saturated heterocycles. The van der Waals surface area contributed by atoms with Gasteiger partial charge in [-0.2, -0.15) is 0 Å². The topological polar surface area (TPSA) is 66.5 Å². The number of para-hydroxylation sites is 1. The zero-order valence-corrected chi connectivity index (χ0v) is 15.5. The molecule has 4 atom stereocenters. The van der Waals surface area contributed by atoms with Crippen LogP contribution in [0.15, 0.2) is 60.7 Å². The molecule has 140 valence electrons. The number of nitrogens with zero attached hydrogens (tertiary/aromatic N) is 1. The number of allylic oxidation sites excluding steroid dienone is 2. The second kappa shape index (κ2) is 6.16. The van der Waals surface area contributed by atoms with Crippen molar-refractivity contribution < 1.29 is 14.4 Å². The van der Waals surface area contributed by atoms with Gasteiger partial charge in [0.2, 0.25) is 11.8 Å². The molecule has 3 amide bonds. The predicted molar refractivity (Wildman–Crippen MR) is 106 cm³/mol. The van der Waals surface area contributed by atoms with Gasteiger partial charge in [-0.3, -0.25) is 14.4 Å². The van der Waals surface area contributed by atoms with Crippen molar-refractivity contribution in [2.45, 2.75) is 13.3 Å². The zero-order valence-electron chi connectivity index (χ0n) is 15.5. The molecule has 1 N–H and O–H groups in total. The Morgan fingerprint density at radius 1 is 0.964 bits per heavy atom. The number of anilines is 2. The third kappa shape index (κ3) is 2.43. The predicted octanol–water partition coefficient (Wildman–Crippen LogP) is 3.56. The number of imide groups is 1. The van der Waals surface area contributed by atoms with Gasteiger partial charge in [0.25, 0.3) is 5.91 Å². The quantitative estimate of drug-likeness (QED) is 0.662. The number of nitrogens with one attached hydrogen (secondary N) is 1. The van der Waals surface area contributed by atoms with E-state index in [-0.39, 0.29) is 41.4 Å². The van der Waals surface area contributed by atoms with Crippen LogP contribution in [0.1, 0.15) is 22.3 Å². The molecule has 0 radical (unpaired) electrons. The smallest absolute Gasteiger partial charge is 0.255 e.